The molecule has 21 heavy (non-hydrogen) atoms. The van der Waals surface area contributed by atoms with Crippen molar-refractivity contribution in [3.05, 3.63) is 58.9 Å². The first-order valence-corrected chi connectivity index (χ1v) is 6.59. The van der Waals surface area contributed by atoms with Gasteiger partial charge >= 0.3 is 0 Å². The van der Waals surface area contributed by atoms with Crippen LogP contribution >= 0.6 is 0 Å². The summed E-state index contributed by atoms with van der Waals surface area (Å²) in [7, 11) is 0. The molecule has 1 amide bonds. The summed E-state index contributed by atoms with van der Waals surface area (Å²) in [5.74, 6) is -1.36. The molecule has 0 saturated heterocycles. The Morgan fingerprint density at radius 3 is 2.48 bits per heavy atom. The summed E-state index contributed by atoms with van der Waals surface area (Å²) in [6, 6.07) is 8.70. The first-order valence-electron chi connectivity index (χ1n) is 6.59. The molecule has 0 spiro atoms. The number of rotatable bonds is 2. The smallest absolute Gasteiger partial charge is 0.258 e. The van der Waals surface area contributed by atoms with Crippen molar-refractivity contribution in [2.75, 3.05) is 0 Å². The Labute approximate surface area is 121 Å². The van der Waals surface area contributed by atoms with Gasteiger partial charge in [0.2, 0.25) is 0 Å². The molecule has 0 bridgehead atoms. The second kappa shape index (κ2) is 4.77. The van der Waals surface area contributed by atoms with Crippen molar-refractivity contribution in [2.45, 2.75) is 19.5 Å². The summed E-state index contributed by atoms with van der Waals surface area (Å²) < 4.78 is 13.0. The Bertz CT molecular complexity index is 712. The lowest BCUT2D eigenvalue weighted by Gasteiger charge is -2.24. The normalized spacial score (nSPS) is 15.1. The number of carbonyl (C=O) groups excluding carboxylic acids is 1. The summed E-state index contributed by atoms with van der Waals surface area (Å²) in [5.41, 5.74) is 1.62. The molecule has 1 aliphatic heterocycles. The third-order valence-electron chi connectivity index (χ3n) is 3.88. The van der Waals surface area contributed by atoms with Gasteiger partial charge in [-0.15, -0.1) is 0 Å². The molecule has 0 saturated carbocycles. The summed E-state index contributed by atoms with van der Waals surface area (Å²) in [6.45, 7) is 2.19. The lowest BCUT2D eigenvalue weighted by atomic mass is 10.1. The predicted molar refractivity (Wildman–Crippen MR) is 74.5 cm³/mol. The Hall–Kier alpha value is -2.56. The van der Waals surface area contributed by atoms with E-state index in [2.05, 4.69) is 0 Å². The second-order valence-electron chi connectivity index (χ2n) is 5.13. The lowest BCUT2D eigenvalue weighted by molar-refractivity contribution is 0.0713. The third-order valence-corrected chi connectivity index (χ3v) is 3.88. The standard InChI is InChI=1S/C16H14FNO3/c1-9(10-2-5-12(17)6-3-10)18-8-11-4-7-13(19)15(20)14(11)16(18)21/h2-7,9,19-20H,8H2,1H3/t9-/m0/s1. The molecular weight excluding hydrogens is 273 g/mol. The topological polar surface area (TPSA) is 60.8 Å². The van der Waals surface area contributed by atoms with Crippen molar-refractivity contribution in [1.82, 2.24) is 4.90 Å². The van der Waals surface area contributed by atoms with Crippen LogP contribution in [0, 0.1) is 5.82 Å². The molecule has 0 unspecified atom stereocenters. The average Bonchev–Trinajstić information content (AvgIpc) is 2.81. The van der Waals surface area contributed by atoms with Crippen LogP contribution in [0.2, 0.25) is 0 Å². The summed E-state index contributed by atoms with van der Waals surface area (Å²) in [4.78, 5) is 14.0. The predicted octanol–water partition coefficient (Wildman–Crippen LogP) is 2.95. The number of halogens is 1. The molecule has 108 valence electrons. The van der Waals surface area contributed by atoms with E-state index in [1.165, 1.54) is 18.2 Å². The van der Waals surface area contributed by atoms with Gasteiger partial charge in [0.25, 0.3) is 5.91 Å². The number of fused-ring (bicyclic) bond motifs is 1. The number of hydrogen-bond acceptors (Lipinski definition) is 3. The average molecular weight is 287 g/mol. The second-order valence-corrected chi connectivity index (χ2v) is 5.13. The van der Waals surface area contributed by atoms with E-state index >= 15 is 0 Å². The molecule has 4 nitrogen and oxygen atoms in total. The number of amides is 1. The SMILES string of the molecule is C[C@@H](c1ccc(F)cc1)N1Cc2ccc(O)c(O)c2C1=O. The molecule has 0 radical (unpaired) electrons. The fourth-order valence-electron chi connectivity index (χ4n) is 2.63. The Morgan fingerprint density at radius 2 is 1.81 bits per heavy atom. The van der Waals surface area contributed by atoms with Crippen LogP contribution in [0.1, 0.15) is 34.5 Å². The minimum Gasteiger partial charge on any atom is -0.504 e. The van der Waals surface area contributed by atoms with Crippen LogP contribution in [0.5, 0.6) is 11.5 Å². The minimum atomic E-state index is -0.383. The molecule has 2 aromatic rings. The van der Waals surface area contributed by atoms with Crippen molar-refractivity contribution >= 4 is 5.91 Å². The molecule has 1 aliphatic rings. The molecule has 3 rings (SSSR count). The van der Waals surface area contributed by atoms with Gasteiger partial charge in [-0.2, -0.15) is 0 Å². The zero-order valence-electron chi connectivity index (χ0n) is 11.4. The van der Waals surface area contributed by atoms with E-state index in [0.29, 0.717) is 12.1 Å². The van der Waals surface area contributed by atoms with Crippen molar-refractivity contribution in [3.63, 3.8) is 0 Å². The summed E-state index contributed by atoms with van der Waals surface area (Å²) >= 11 is 0. The highest BCUT2D eigenvalue weighted by Crippen LogP contribution is 2.39. The number of carbonyl (C=O) groups is 1. The van der Waals surface area contributed by atoms with Gasteiger partial charge in [0.1, 0.15) is 5.82 Å². The van der Waals surface area contributed by atoms with E-state index in [9.17, 15) is 19.4 Å². The largest absolute Gasteiger partial charge is 0.504 e. The number of benzene rings is 2. The highest BCUT2D eigenvalue weighted by atomic mass is 19.1. The molecular formula is C16H14FNO3. The van der Waals surface area contributed by atoms with Crippen molar-refractivity contribution in [2.24, 2.45) is 0 Å². The number of phenolic OH excluding ortho intramolecular Hbond substituents is 2. The van der Waals surface area contributed by atoms with Gasteiger partial charge in [0.15, 0.2) is 11.5 Å². The lowest BCUT2D eigenvalue weighted by Crippen LogP contribution is -2.27. The monoisotopic (exact) mass is 287 g/mol. The zero-order chi connectivity index (χ0) is 15.1. The van der Waals surface area contributed by atoms with Crippen molar-refractivity contribution < 1.29 is 19.4 Å². The summed E-state index contributed by atoms with van der Waals surface area (Å²) in [5, 5.41) is 19.4. The van der Waals surface area contributed by atoms with E-state index in [4.69, 9.17) is 0 Å². The van der Waals surface area contributed by atoms with Gasteiger partial charge in [-0.05, 0) is 36.2 Å². The van der Waals surface area contributed by atoms with Gasteiger partial charge in [-0.3, -0.25) is 4.79 Å². The van der Waals surface area contributed by atoms with Crippen LogP contribution in [0.4, 0.5) is 4.39 Å². The quantitative estimate of drug-likeness (QED) is 0.835. The maximum atomic E-state index is 13.0. The van der Waals surface area contributed by atoms with E-state index in [1.807, 2.05) is 6.92 Å². The molecule has 1 heterocycles. The zero-order valence-corrected chi connectivity index (χ0v) is 11.4. The van der Waals surface area contributed by atoms with E-state index in [-0.39, 0.29) is 34.8 Å². The fourth-order valence-corrected chi connectivity index (χ4v) is 2.63. The fraction of sp³-hybridized carbons (Fsp3) is 0.188. The van der Waals surface area contributed by atoms with E-state index in [1.54, 1.807) is 23.1 Å². The molecule has 0 fully saturated rings. The van der Waals surface area contributed by atoms with Crippen LogP contribution in [-0.2, 0) is 6.54 Å². The van der Waals surface area contributed by atoms with Crippen LogP contribution in [0.3, 0.4) is 0 Å². The number of phenols is 2. The highest BCUT2D eigenvalue weighted by molar-refractivity contribution is 6.01. The van der Waals surface area contributed by atoms with Crippen LogP contribution in [-0.4, -0.2) is 21.0 Å². The van der Waals surface area contributed by atoms with Gasteiger partial charge in [-0.25, -0.2) is 4.39 Å². The molecule has 0 aliphatic carbocycles. The molecule has 0 aromatic heterocycles. The highest BCUT2D eigenvalue weighted by Gasteiger charge is 2.34. The maximum Gasteiger partial charge on any atom is 0.258 e. The van der Waals surface area contributed by atoms with Gasteiger partial charge in [-0.1, -0.05) is 18.2 Å². The first-order chi connectivity index (χ1) is 9.99. The minimum absolute atomic E-state index is 0.143. The van der Waals surface area contributed by atoms with Gasteiger partial charge in [0.05, 0.1) is 11.6 Å². The molecule has 5 heteroatoms. The molecule has 2 aromatic carbocycles. The van der Waals surface area contributed by atoms with Gasteiger partial charge in [0, 0.05) is 6.54 Å². The number of aromatic hydroxyl groups is 2. The molecule has 1 atom stereocenters. The van der Waals surface area contributed by atoms with Crippen molar-refractivity contribution in [1.29, 1.82) is 0 Å². The van der Waals surface area contributed by atoms with Crippen LogP contribution in [0.25, 0.3) is 0 Å². The van der Waals surface area contributed by atoms with Crippen LogP contribution < -0.4 is 0 Å². The van der Waals surface area contributed by atoms with E-state index < -0.39 is 0 Å². The maximum absolute atomic E-state index is 13.0. The van der Waals surface area contributed by atoms with Crippen LogP contribution in [0.15, 0.2) is 36.4 Å². The number of hydrogen-bond donors (Lipinski definition) is 2. The summed E-state index contributed by atoms with van der Waals surface area (Å²) in [6.07, 6.45) is 0. The number of nitrogens with zero attached hydrogens (tertiary/aromatic N) is 1. The Kier molecular flexibility index (Phi) is 3.05. The third kappa shape index (κ3) is 2.11. The Balaban J connectivity index is 1.94. The molecule has 2 N–H and O–H groups in total. The van der Waals surface area contributed by atoms with E-state index in [0.717, 1.165) is 5.56 Å². The van der Waals surface area contributed by atoms with Crippen molar-refractivity contribution in [3.8, 4) is 11.5 Å². The Morgan fingerprint density at radius 1 is 1.14 bits per heavy atom. The van der Waals surface area contributed by atoms with Gasteiger partial charge < -0.3 is 15.1 Å². The first kappa shape index (κ1) is 13.4.